The lowest BCUT2D eigenvalue weighted by Crippen LogP contribution is -2.28. The molecule has 0 aliphatic rings. The second kappa shape index (κ2) is 15.8. The molecule has 0 bridgehead atoms. The average Bonchev–Trinajstić information content (AvgIpc) is 3.13. The SMILES string of the molecule is CC.CCC.CCNCC(=O)Nc1scc(-c2ccncc2)c1C(=O)OCC. The van der Waals surface area contributed by atoms with Gasteiger partial charge in [-0.25, -0.2) is 4.79 Å². The number of hydrogen-bond donors (Lipinski definition) is 2. The van der Waals surface area contributed by atoms with Crippen molar-refractivity contribution in [3.63, 3.8) is 0 Å². The van der Waals surface area contributed by atoms with Gasteiger partial charge in [-0.2, -0.15) is 0 Å². The highest BCUT2D eigenvalue weighted by Crippen LogP contribution is 2.35. The lowest BCUT2D eigenvalue weighted by atomic mass is 10.1. The molecule has 2 aromatic rings. The summed E-state index contributed by atoms with van der Waals surface area (Å²) in [4.78, 5) is 28.2. The number of nitrogens with one attached hydrogen (secondary N) is 2. The van der Waals surface area contributed by atoms with E-state index in [0.29, 0.717) is 17.1 Å². The summed E-state index contributed by atoms with van der Waals surface area (Å²) >= 11 is 1.31. The molecule has 0 radical (unpaired) electrons. The summed E-state index contributed by atoms with van der Waals surface area (Å²) in [6.45, 7) is 13.1. The third-order valence-corrected chi connectivity index (χ3v) is 3.95. The summed E-state index contributed by atoms with van der Waals surface area (Å²) in [7, 11) is 0. The number of likely N-dealkylation sites (N-methyl/N-ethyl adjacent to an activating group) is 1. The van der Waals surface area contributed by atoms with Gasteiger partial charge in [0.15, 0.2) is 0 Å². The molecular formula is C21H33N3O3S. The van der Waals surface area contributed by atoms with E-state index >= 15 is 0 Å². The number of ether oxygens (including phenoxy) is 1. The maximum atomic E-state index is 12.3. The number of esters is 1. The molecule has 156 valence electrons. The summed E-state index contributed by atoms with van der Waals surface area (Å²) in [5, 5.41) is 8.06. The van der Waals surface area contributed by atoms with Crippen LogP contribution in [0.2, 0.25) is 0 Å². The van der Waals surface area contributed by atoms with Crippen molar-refractivity contribution in [2.45, 2.75) is 48.0 Å². The van der Waals surface area contributed by atoms with Crippen LogP contribution in [0.1, 0.15) is 58.3 Å². The van der Waals surface area contributed by atoms with Crippen LogP contribution >= 0.6 is 11.3 Å². The van der Waals surface area contributed by atoms with Crippen molar-refractivity contribution in [2.75, 3.05) is 25.0 Å². The summed E-state index contributed by atoms with van der Waals surface area (Å²) in [6.07, 6.45) is 4.57. The van der Waals surface area contributed by atoms with Crippen LogP contribution in [0, 0.1) is 0 Å². The molecule has 6 nitrogen and oxygen atoms in total. The molecule has 0 aliphatic carbocycles. The van der Waals surface area contributed by atoms with E-state index in [9.17, 15) is 9.59 Å². The van der Waals surface area contributed by atoms with Gasteiger partial charge < -0.3 is 15.4 Å². The fraction of sp³-hybridized carbons (Fsp3) is 0.476. The van der Waals surface area contributed by atoms with Crippen LogP contribution in [0.15, 0.2) is 29.9 Å². The van der Waals surface area contributed by atoms with Gasteiger partial charge in [0.05, 0.1) is 13.2 Å². The molecule has 2 heterocycles. The van der Waals surface area contributed by atoms with Crippen molar-refractivity contribution < 1.29 is 14.3 Å². The van der Waals surface area contributed by atoms with E-state index in [-0.39, 0.29) is 19.1 Å². The fourth-order valence-corrected chi connectivity index (χ4v) is 2.98. The monoisotopic (exact) mass is 407 g/mol. The topological polar surface area (TPSA) is 80.3 Å². The lowest BCUT2D eigenvalue weighted by Gasteiger charge is -2.09. The van der Waals surface area contributed by atoms with Gasteiger partial charge in [-0.1, -0.05) is 41.0 Å². The summed E-state index contributed by atoms with van der Waals surface area (Å²) in [6, 6.07) is 3.63. The lowest BCUT2D eigenvalue weighted by molar-refractivity contribution is -0.115. The number of nitrogens with zero attached hydrogens (tertiary/aromatic N) is 1. The van der Waals surface area contributed by atoms with Crippen LogP contribution in [-0.2, 0) is 9.53 Å². The first-order chi connectivity index (χ1) is 13.6. The number of rotatable bonds is 7. The summed E-state index contributed by atoms with van der Waals surface area (Å²) in [5.41, 5.74) is 1.97. The van der Waals surface area contributed by atoms with E-state index in [2.05, 4.69) is 29.5 Å². The highest BCUT2D eigenvalue weighted by Gasteiger charge is 2.22. The zero-order chi connectivity index (χ0) is 21.4. The Hall–Kier alpha value is -2.25. The van der Waals surface area contributed by atoms with Crippen molar-refractivity contribution in [3.8, 4) is 11.1 Å². The molecule has 0 saturated carbocycles. The molecule has 0 saturated heterocycles. The number of anilines is 1. The standard InChI is InChI=1S/C16H19N3O3S.C3H8.C2H6/c1-3-17-9-13(20)19-15-14(16(21)22-4-2)12(10-23-15)11-5-7-18-8-6-11;1-3-2;1-2/h5-8,10,17H,3-4,9H2,1-2H3,(H,19,20);3H2,1-2H3;1-2H3. The third-order valence-electron chi connectivity index (χ3n) is 3.05. The molecule has 2 rings (SSSR count). The minimum absolute atomic E-state index is 0.194. The van der Waals surface area contributed by atoms with Gasteiger partial charge >= 0.3 is 5.97 Å². The van der Waals surface area contributed by atoms with Crippen LogP contribution in [0.3, 0.4) is 0 Å². The normalized spacial score (nSPS) is 9.36. The van der Waals surface area contributed by atoms with Crippen molar-refractivity contribution in [1.29, 1.82) is 0 Å². The minimum atomic E-state index is -0.445. The second-order valence-electron chi connectivity index (χ2n) is 5.35. The maximum absolute atomic E-state index is 12.3. The molecule has 1 amide bonds. The first-order valence-electron chi connectivity index (χ1n) is 9.78. The van der Waals surface area contributed by atoms with Gasteiger partial charge in [0, 0.05) is 23.3 Å². The van der Waals surface area contributed by atoms with Gasteiger partial charge in [-0.05, 0) is 31.2 Å². The molecule has 2 aromatic heterocycles. The highest BCUT2D eigenvalue weighted by atomic mass is 32.1. The van der Waals surface area contributed by atoms with Gasteiger partial charge in [-0.3, -0.25) is 9.78 Å². The first kappa shape index (κ1) is 25.8. The van der Waals surface area contributed by atoms with Crippen molar-refractivity contribution >= 4 is 28.2 Å². The Morgan fingerprint density at radius 3 is 2.25 bits per heavy atom. The van der Waals surface area contributed by atoms with Crippen molar-refractivity contribution in [2.24, 2.45) is 0 Å². The van der Waals surface area contributed by atoms with E-state index in [0.717, 1.165) is 11.1 Å². The Bertz CT molecular complexity index is 687. The maximum Gasteiger partial charge on any atom is 0.341 e. The predicted octanol–water partition coefficient (Wildman–Crippen LogP) is 4.98. The van der Waals surface area contributed by atoms with Gasteiger partial charge in [0.1, 0.15) is 10.6 Å². The van der Waals surface area contributed by atoms with Crippen molar-refractivity contribution in [1.82, 2.24) is 10.3 Å². The van der Waals surface area contributed by atoms with Crippen LogP contribution in [0.5, 0.6) is 0 Å². The minimum Gasteiger partial charge on any atom is -0.462 e. The Labute approximate surface area is 172 Å². The number of aromatic nitrogens is 1. The quantitative estimate of drug-likeness (QED) is 0.633. The molecular weight excluding hydrogens is 374 g/mol. The number of pyridine rings is 1. The molecule has 0 atom stereocenters. The van der Waals surface area contributed by atoms with E-state index in [1.807, 2.05) is 38.3 Å². The number of hydrogen-bond acceptors (Lipinski definition) is 6. The number of carbonyl (C=O) groups is 2. The molecule has 7 heteroatoms. The van der Waals surface area contributed by atoms with Crippen LogP contribution in [-0.4, -0.2) is 36.6 Å². The van der Waals surface area contributed by atoms with Gasteiger partial charge in [0.2, 0.25) is 5.91 Å². The zero-order valence-corrected chi connectivity index (χ0v) is 18.6. The number of carbonyl (C=O) groups excluding carboxylic acids is 2. The predicted molar refractivity (Wildman–Crippen MR) is 118 cm³/mol. The largest absolute Gasteiger partial charge is 0.462 e. The van der Waals surface area contributed by atoms with Gasteiger partial charge in [-0.15, -0.1) is 11.3 Å². The smallest absolute Gasteiger partial charge is 0.341 e. The Morgan fingerprint density at radius 1 is 1.11 bits per heavy atom. The van der Waals surface area contributed by atoms with E-state index < -0.39 is 5.97 Å². The summed E-state index contributed by atoms with van der Waals surface area (Å²) in [5.74, 6) is -0.639. The molecule has 0 unspecified atom stereocenters. The Morgan fingerprint density at radius 2 is 1.71 bits per heavy atom. The molecule has 2 N–H and O–H groups in total. The Kier molecular flexibility index (Phi) is 14.5. The Balaban J connectivity index is 0.00000133. The first-order valence-corrected chi connectivity index (χ1v) is 10.7. The molecule has 0 spiro atoms. The van der Waals surface area contributed by atoms with Crippen LogP contribution in [0.4, 0.5) is 5.00 Å². The number of thiophene rings is 1. The number of amides is 1. The molecule has 0 aliphatic heterocycles. The van der Waals surface area contributed by atoms with E-state index in [1.165, 1.54) is 17.8 Å². The van der Waals surface area contributed by atoms with Crippen molar-refractivity contribution in [3.05, 3.63) is 35.5 Å². The third kappa shape index (κ3) is 8.63. The second-order valence-corrected chi connectivity index (χ2v) is 6.23. The van der Waals surface area contributed by atoms with Gasteiger partial charge in [0.25, 0.3) is 0 Å². The van der Waals surface area contributed by atoms with Crippen LogP contribution < -0.4 is 10.6 Å². The zero-order valence-electron chi connectivity index (χ0n) is 17.8. The molecule has 28 heavy (non-hydrogen) atoms. The van der Waals surface area contributed by atoms with Crippen LogP contribution in [0.25, 0.3) is 11.1 Å². The highest BCUT2D eigenvalue weighted by molar-refractivity contribution is 7.15. The van der Waals surface area contributed by atoms with E-state index in [4.69, 9.17) is 4.74 Å². The molecule has 0 fully saturated rings. The van der Waals surface area contributed by atoms with E-state index in [1.54, 1.807) is 19.3 Å². The average molecular weight is 408 g/mol. The summed E-state index contributed by atoms with van der Waals surface area (Å²) < 4.78 is 5.14. The molecule has 0 aromatic carbocycles. The fourth-order valence-electron chi connectivity index (χ4n) is 2.01.